The maximum atomic E-state index is 12.0. The second-order valence-electron chi connectivity index (χ2n) is 5.13. The van der Waals surface area contributed by atoms with Crippen LogP contribution < -0.4 is 10.6 Å². The van der Waals surface area contributed by atoms with Crippen LogP contribution in [-0.2, 0) is 0 Å². The quantitative estimate of drug-likeness (QED) is 0.742. The first-order chi connectivity index (χ1) is 10.5. The van der Waals surface area contributed by atoms with Crippen molar-refractivity contribution >= 4 is 17.7 Å². The number of rotatable bonds is 7. The van der Waals surface area contributed by atoms with Crippen LogP contribution in [0.4, 0.5) is 11.8 Å². The molecule has 22 heavy (non-hydrogen) atoms. The minimum atomic E-state index is -0.222. The van der Waals surface area contributed by atoms with Gasteiger partial charge in [-0.3, -0.25) is 4.79 Å². The van der Waals surface area contributed by atoms with Crippen LogP contribution >= 0.6 is 0 Å². The van der Waals surface area contributed by atoms with Gasteiger partial charge in [-0.2, -0.15) is 0 Å². The summed E-state index contributed by atoms with van der Waals surface area (Å²) in [5.41, 5.74) is 0.308. The van der Waals surface area contributed by atoms with E-state index >= 15 is 0 Å². The van der Waals surface area contributed by atoms with E-state index in [1.807, 2.05) is 14.1 Å². The summed E-state index contributed by atoms with van der Waals surface area (Å²) in [4.78, 5) is 22.3. The minimum Gasteiger partial charge on any atom is -0.360 e. The molecule has 0 saturated heterocycles. The molecule has 0 aromatic carbocycles. The highest BCUT2D eigenvalue weighted by Gasteiger charge is 2.09. The zero-order chi connectivity index (χ0) is 15.9. The first-order valence-electron chi connectivity index (χ1n) is 7.01. The molecule has 0 radical (unpaired) electrons. The van der Waals surface area contributed by atoms with Gasteiger partial charge in [-0.1, -0.05) is 5.16 Å². The second-order valence-corrected chi connectivity index (χ2v) is 5.13. The maximum Gasteiger partial charge on any atom is 0.270 e. The normalized spacial score (nSPS) is 10.7. The number of carbonyl (C=O) groups is 1. The van der Waals surface area contributed by atoms with Gasteiger partial charge in [0.1, 0.15) is 11.5 Å². The minimum absolute atomic E-state index is 0.222. The van der Waals surface area contributed by atoms with Gasteiger partial charge in [0, 0.05) is 18.8 Å². The molecule has 0 unspecified atom stereocenters. The molecule has 0 atom stereocenters. The summed E-state index contributed by atoms with van der Waals surface area (Å²) < 4.78 is 4.95. The monoisotopic (exact) mass is 304 g/mol. The van der Waals surface area contributed by atoms with Gasteiger partial charge in [-0.25, -0.2) is 9.97 Å². The Morgan fingerprint density at radius 3 is 2.91 bits per heavy atom. The van der Waals surface area contributed by atoms with Crippen molar-refractivity contribution in [2.75, 3.05) is 32.5 Å². The Morgan fingerprint density at radius 2 is 2.23 bits per heavy atom. The Morgan fingerprint density at radius 1 is 1.41 bits per heavy atom. The standard InChI is InChI=1S/C14H20N6O2/c1-10-9-12(19-22-10)18-14-16-7-5-11(17-14)13(21)15-6-4-8-20(2)3/h5,7,9H,4,6,8H2,1-3H3,(H,15,21)(H,16,17,18,19). The highest BCUT2D eigenvalue weighted by molar-refractivity contribution is 5.92. The zero-order valence-corrected chi connectivity index (χ0v) is 13.0. The van der Waals surface area contributed by atoms with Crippen molar-refractivity contribution in [2.24, 2.45) is 0 Å². The molecule has 8 heteroatoms. The molecule has 2 N–H and O–H groups in total. The van der Waals surface area contributed by atoms with Crippen LogP contribution in [0.2, 0.25) is 0 Å². The Bertz CT molecular complexity index is 625. The predicted molar refractivity (Wildman–Crippen MR) is 82.1 cm³/mol. The molecule has 8 nitrogen and oxygen atoms in total. The lowest BCUT2D eigenvalue weighted by molar-refractivity contribution is 0.0947. The van der Waals surface area contributed by atoms with Gasteiger partial charge in [-0.15, -0.1) is 0 Å². The van der Waals surface area contributed by atoms with Crippen LogP contribution in [0.5, 0.6) is 0 Å². The van der Waals surface area contributed by atoms with Crippen LogP contribution in [0.1, 0.15) is 22.7 Å². The largest absolute Gasteiger partial charge is 0.360 e. The van der Waals surface area contributed by atoms with Gasteiger partial charge in [0.05, 0.1) is 0 Å². The second kappa shape index (κ2) is 7.51. The molecule has 2 aromatic rings. The van der Waals surface area contributed by atoms with E-state index in [0.717, 1.165) is 13.0 Å². The van der Waals surface area contributed by atoms with Crippen LogP contribution in [0.25, 0.3) is 0 Å². The number of amides is 1. The number of aromatic nitrogens is 3. The topological polar surface area (TPSA) is 96.2 Å². The lowest BCUT2D eigenvalue weighted by Gasteiger charge is -2.09. The van der Waals surface area contributed by atoms with Crippen molar-refractivity contribution in [2.45, 2.75) is 13.3 Å². The highest BCUT2D eigenvalue weighted by Crippen LogP contribution is 2.12. The molecule has 0 bridgehead atoms. The molecule has 1 amide bonds. The zero-order valence-electron chi connectivity index (χ0n) is 13.0. The molecular weight excluding hydrogens is 284 g/mol. The Labute approximate surface area is 128 Å². The molecule has 118 valence electrons. The summed E-state index contributed by atoms with van der Waals surface area (Å²) in [5.74, 6) is 1.26. The first-order valence-corrected chi connectivity index (χ1v) is 7.01. The number of hydrogen-bond donors (Lipinski definition) is 2. The summed E-state index contributed by atoms with van der Waals surface area (Å²) in [7, 11) is 3.99. The van der Waals surface area contributed by atoms with Gasteiger partial charge in [0.25, 0.3) is 5.91 Å². The number of nitrogens with one attached hydrogen (secondary N) is 2. The fourth-order valence-corrected chi connectivity index (χ4v) is 1.77. The maximum absolute atomic E-state index is 12.0. The number of hydrogen-bond acceptors (Lipinski definition) is 7. The lowest BCUT2D eigenvalue weighted by atomic mass is 10.3. The number of aryl methyl sites for hydroxylation is 1. The van der Waals surface area contributed by atoms with Crippen molar-refractivity contribution in [1.29, 1.82) is 0 Å². The SMILES string of the molecule is Cc1cc(Nc2nccc(C(=O)NCCCN(C)C)n2)no1. The highest BCUT2D eigenvalue weighted by atomic mass is 16.5. The van der Waals surface area contributed by atoms with Gasteiger partial charge in [0.15, 0.2) is 5.82 Å². The number of carbonyl (C=O) groups excluding carboxylic acids is 1. The third-order valence-corrected chi connectivity index (χ3v) is 2.82. The van der Waals surface area contributed by atoms with E-state index in [1.165, 1.54) is 6.20 Å². The molecule has 0 saturated carbocycles. The van der Waals surface area contributed by atoms with E-state index < -0.39 is 0 Å². The van der Waals surface area contributed by atoms with E-state index in [-0.39, 0.29) is 5.91 Å². The van der Waals surface area contributed by atoms with Crippen LogP contribution in [0.3, 0.4) is 0 Å². The molecule has 2 aromatic heterocycles. The molecule has 2 heterocycles. The molecule has 2 rings (SSSR count). The van der Waals surface area contributed by atoms with Crippen LogP contribution in [0.15, 0.2) is 22.9 Å². The molecule has 0 aliphatic carbocycles. The number of nitrogens with zero attached hydrogens (tertiary/aromatic N) is 4. The average molecular weight is 304 g/mol. The van der Waals surface area contributed by atoms with Gasteiger partial charge < -0.3 is 20.1 Å². The third-order valence-electron chi connectivity index (χ3n) is 2.82. The van der Waals surface area contributed by atoms with E-state index in [1.54, 1.807) is 19.1 Å². The molecule has 0 aliphatic rings. The van der Waals surface area contributed by atoms with Gasteiger partial charge in [0.2, 0.25) is 5.95 Å². The molecular formula is C14H20N6O2. The lowest BCUT2D eigenvalue weighted by Crippen LogP contribution is -2.28. The van der Waals surface area contributed by atoms with Crippen LogP contribution in [0, 0.1) is 6.92 Å². The number of anilines is 2. The molecule has 0 fully saturated rings. The van der Waals surface area contributed by atoms with Gasteiger partial charge in [-0.05, 0) is 40.1 Å². The third kappa shape index (κ3) is 4.81. The fourth-order valence-electron chi connectivity index (χ4n) is 1.77. The van der Waals surface area contributed by atoms with Crippen molar-refractivity contribution in [1.82, 2.24) is 25.3 Å². The Balaban J connectivity index is 1.91. The van der Waals surface area contributed by atoms with Crippen molar-refractivity contribution in [3.63, 3.8) is 0 Å². The van der Waals surface area contributed by atoms with E-state index in [0.29, 0.717) is 29.8 Å². The smallest absolute Gasteiger partial charge is 0.270 e. The van der Waals surface area contributed by atoms with Crippen LogP contribution in [-0.4, -0.2) is 53.1 Å². The van der Waals surface area contributed by atoms with Crippen molar-refractivity contribution in [3.05, 3.63) is 29.8 Å². The van der Waals surface area contributed by atoms with E-state index in [4.69, 9.17) is 4.52 Å². The van der Waals surface area contributed by atoms with E-state index in [2.05, 4.69) is 30.7 Å². The summed E-state index contributed by atoms with van der Waals surface area (Å²) in [6.07, 6.45) is 2.41. The van der Waals surface area contributed by atoms with Crippen molar-refractivity contribution < 1.29 is 9.32 Å². The first kappa shape index (κ1) is 15.9. The summed E-state index contributed by atoms with van der Waals surface area (Å²) >= 11 is 0. The molecule has 0 aliphatic heterocycles. The van der Waals surface area contributed by atoms with Crippen molar-refractivity contribution in [3.8, 4) is 0 Å². The fraction of sp³-hybridized carbons (Fsp3) is 0.429. The summed E-state index contributed by atoms with van der Waals surface area (Å²) in [5, 5.41) is 9.51. The predicted octanol–water partition coefficient (Wildman–Crippen LogP) is 1.20. The Hall–Kier alpha value is -2.48. The van der Waals surface area contributed by atoms with Gasteiger partial charge >= 0.3 is 0 Å². The van der Waals surface area contributed by atoms with E-state index in [9.17, 15) is 4.79 Å². The summed E-state index contributed by atoms with van der Waals surface area (Å²) in [6.45, 7) is 3.31. The summed E-state index contributed by atoms with van der Waals surface area (Å²) in [6, 6.07) is 3.29. The average Bonchev–Trinajstić information content (AvgIpc) is 2.88. The molecule has 0 spiro atoms. The Kier molecular flexibility index (Phi) is 5.42.